The van der Waals surface area contributed by atoms with Crippen molar-refractivity contribution in [3.8, 4) is 11.8 Å². The van der Waals surface area contributed by atoms with Crippen molar-refractivity contribution in [3.05, 3.63) is 47.3 Å². The van der Waals surface area contributed by atoms with Crippen LogP contribution in [-0.4, -0.2) is 9.78 Å². The molecule has 1 aromatic heterocycles. The van der Waals surface area contributed by atoms with Crippen molar-refractivity contribution < 1.29 is 4.74 Å². The molecule has 0 N–H and O–H groups in total. The van der Waals surface area contributed by atoms with E-state index in [0.717, 1.165) is 16.9 Å². The van der Waals surface area contributed by atoms with Crippen LogP contribution < -0.4 is 4.74 Å². The second-order valence-electron chi connectivity index (χ2n) is 4.79. The third-order valence-electron chi connectivity index (χ3n) is 2.97. The number of nitriles is 1. The summed E-state index contributed by atoms with van der Waals surface area (Å²) in [5.41, 5.74) is 2.82. The summed E-state index contributed by atoms with van der Waals surface area (Å²) in [4.78, 5) is 0. The Bertz CT molecular complexity index is 608. The third kappa shape index (κ3) is 3.14. The van der Waals surface area contributed by atoms with Gasteiger partial charge in [0, 0.05) is 6.04 Å². The van der Waals surface area contributed by atoms with Crippen molar-refractivity contribution in [2.45, 2.75) is 33.4 Å². The highest BCUT2D eigenvalue weighted by Crippen LogP contribution is 2.16. The lowest BCUT2D eigenvalue weighted by Crippen LogP contribution is -2.00. The summed E-state index contributed by atoms with van der Waals surface area (Å²) in [6, 6.07) is 8.07. The molecule has 0 atom stereocenters. The molecular formula is C15H17N3O. The second kappa shape index (κ2) is 5.57. The van der Waals surface area contributed by atoms with Crippen LogP contribution in [0.3, 0.4) is 0 Å². The fourth-order valence-electron chi connectivity index (χ4n) is 1.77. The summed E-state index contributed by atoms with van der Waals surface area (Å²) in [5, 5.41) is 13.0. The van der Waals surface area contributed by atoms with Gasteiger partial charge in [0.15, 0.2) is 5.75 Å². The minimum absolute atomic E-state index is 0.328. The predicted molar refractivity (Wildman–Crippen MR) is 72.8 cm³/mol. The van der Waals surface area contributed by atoms with Crippen LogP contribution in [-0.2, 0) is 6.61 Å². The molecule has 98 valence electrons. The Hall–Kier alpha value is -2.28. The molecule has 0 saturated heterocycles. The molecule has 1 heterocycles. The van der Waals surface area contributed by atoms with Crippen molar-refractivity contribution in [1.82, 2.24) is 9.78 Å². The number of hydrogen-bond acceptors (Lipinski definition) is 3. The monoisotopic (exact) mass is 255 g/mol. The fourth-order valence-corrected chi connectivity index (χ4v) is 1.77. The van der Waals surface area contributed by atoms with E-state index in [9.17, 15) is 0 Å². The zero-order valence-electron chi connectivity index (χ0n) is 11.4. The van der Waals surface area contributed by atoms with E-state index in [0.29, 0.717) is 18.2 Å². The number of aromatic nitrogens is 2. The van der Waals surface area contributed by atoms with E-state index in [4.69, 9.17) is 10.00 Å². The summed E-state index contributed by atoms with van der Waals surface area (Å²) >= 11 is 0. The minimum atomic E-state index is 0.328. The van der Waals surface area contributed by atoms with Gasteiger partial charge in [-0.05, 0) is 44.0 Å². The van der Waals surface area contributed by atoms with Gasteiger partial charge in [0.05, 0.1) is 24.0 Å². The first-order valence-corrected chi connectivity index (χ1v) is 6.26. The predicted octanol–water partition coefficient (Wildman–Crippen LogP) is 3.22. The van der Waals surface area contributed by atoms with Crippen LogP contribution in [0.5, 0.6) is 5.75 Å². The van der Waals surface area contributed by atoms with E-state index in [1.165, 1.54) is 0 Å². The van der Waals surface area contributed by atoms with Crippen LogP contribution in [0.1, 0.15) is 36.6 Å². The molecule has 0 spiro atoms. The summed E-state index contributed by atoms with van der Waals surface area (Å²) in [6.45, 7) is 6.61. The molecule has 0 saturated carbocycles. The summed E-state index contributed by atoms with van der Waals surface area (Å²) in [7, 11) is 0. The molecular weight excluding hydrogens is 238 g/mol. The lowest BCUT2D eigenvalue weighted by molar-refractivity contribution is 0.304. The minimum Gasteiger partial charge on any atom is -0.486 e. The van der Waals surface area contributed by atoms with E-state index in [1.54, 1.807) is 6.20 Å². The first-order chi connectivity index (χ1) is 9.10. The van der Waals surface area contributed by atoms with Gasteiger partial charge in [-0.15, -0.1) is 0 Å². The van der Waals surface area contributed by atoms with Crippen molar-refractivity contribution in [3.63, 3.8) is 0 Å². The molecule has 4 nitrogen and oxygen atoms in total. The van der Waals surface area contributed by atoms with E-state index in [1.807, 2.05) is 36.0 Å². The SMILES string of the molecule is Cc1cc(C#N)ccc1COc1cnn(C(C)C)c1. The molecule has 0 radical (unpaired) electrons. The number of aryl methyl sites for hydroxylation is 1. The van der Waals surface area contributed by atoms with Crippen LogP contribution >= 0.6 is 0 Å². The number of benzene rings is 1. The summed E-state index contributed by atoms with van der Waals surface area (Å²) in [5.74, 6) is 0.762. The van der Waals surface area contributed by atoms with Gasteiger partial charge < -0.3 is 4.74 Å². The maximum atomic E-state index is 8.82. The fraction of sp³-hybridized carbons (Fsp3) is 0.333. The molecule has 0 aliphatic heterocycles. The van der Waals surface area contributed by atoms with E-state index < -0.39 is 0 Å². The average Bonchev–Trinajstić information content (AvgIpc) is 2.86. The molecule has 0 aliphatic carbocycles. The average molecular weight is 255 g/mol. The summed E-state index contributed by atoms with van der Waals surface area (Å²) in [6.07, 6.45) is 3.61. The molecule has 0 amide bonds. The summed E-state index contributed by atoms with van der Waals surface area (Å²) < 4.78 is 7.57. The van der Waals surface area contributed by atoms with Crippen LogP contribution in [0.4, 0.5) is 0 Å². The normalized spacial score (nSPS) is 10.5. The largest absolute Gasteiger partial charge is 0.486 e. The van der Waals surface area contributed by atoms with Crippen molar-refractivity contribution in [2.24, 2.45) is 0 Å². The first-order valence-electron chi connectivity index (χ1n) is 6.26. The van der Waals surface area contributed by atoms with Gasteiger partial charge in [-0.1, -0.05) is 6.07 Å². The van der Waals surface area contributed by atoms with Crippen LogP contribution in [0, 0.1) is 18.3 Å². The Balaban J connectivity index is 2.04. The Kier molecular flexibility index (Phi) is 3.86. The van der Waals surface area contributed by atoms with E-state index in [-0.39, 0.29) is 0 Å². The van der Waals surface area contributed by atoms with Crippen LogP contribution in [0.15, 0.2) is 30.6 Å². The van der Waals surface area contributed by atoms with Gasteiger partial charge in [-0.25, -0.2) is 0 Å². The highest BCUT2D eigenvalue weighted by molar-refractivity contribution is 5.37. The lowest BCUT2D eigenvalue weighted by atomic mass is 10.1. The van der Waals surface area contributed by atoms with Gasteiger partial charge in [0.2, 0.25) is 0 Å². The number of nitrogens with zero attached hydrogens (tertiary/aromatic N) is 3. The van der Waals surface area contributed by atoms with Crippen LogP contribution in [0.2, 0.25) is 0 Å². The standard InChI is InChI=1S/C15H17N3O/c1-11(2)18-9-15(8-17-18)19-10-14-5-4-13(7-16)6-12(14)3/h4-6,8-9,11H,10H2,1-3H3. The molecule has 2 rings (SSSR count). The highest BCUT2D eigenvalue weighted by Gasteiger charge is 2.04. The van der Waals surface area contributed by atoms with Crippen molar-refractivity contribution in [1.29, 1.82) is 5.26 Å². The molecule has 19 heavy (non-hydrogen) atoms. The van der Waals surface area contributed by atoms with E-state index >= 15 is 0 Å². The zero-order chi connectivity index (χ0) is 13.8. The quantitative estimate of drug-likeness (QED) is 0.842. The Morgan fingerprint density at radius 2 is 2.21 bits per heavy atom. The lowest BCUT2D eigenvalue weighted by Gasteiger charge is -2.07. The van der Waals surface area contributed by atoms with Gasteiger partial charge >= 0.3 is 0 Å². The number of hydrogen-bond donors (Lipinski definition) is 0. The molecule has 0 fully saturated rings. The Morgan fingerprint density at radius 3 is 2.79 bits per heavy atom. The molecule has 0 bridgehead atoms. The van der Waals surface area contributed by atoms with Gasteiger partial charge in [-0.2, -0.15) is 10.4 Å². The number of ether oxygens (including phenoxy) is 1. The Labute approximate surface area is 113 Å². The molecule has 0 aliphatic rings. The van der Waals surface area contributed by atoms with Gasteiger partial charge in [-0.3, -0.25) is 4.68 Å². The third-order valence-corrected chi connectivity index (χ3v) is 2.97. The first kappa shape index (κ1) is 13.2. The zero-order valence-corrected chi connectivity index (χ0v) is 11.4. The Morgan fingerprint density at radius 1 is 1.42 bits per heavy atom. The molecule has 0 unspecified atom stereocenters. The molecule has 1 aromatic carbocycles. The van der Waals surface area contributed by atoms with Gasteiger partial charge in [0.25, 0.3) is 0 Å². The van der Waals surface area contributed by atoms with Crippen molar-refractivity contribution in [2.75, 3.05) is 0 Å². The second-order valence-corrected chi connectivity index (χ2v) is 4.79. The van der Waals surface area contributed by atoms with E-state index in [2.05, 4.69) is 25.0 Å². The molecule has 2 aromatic rings. The number of rotatable bonds is 4. The maximum absolute atomic E-state index is 8.82. The van der Waals surface area contributed by atoms with Crippen LogP contribution in [0.25, 0.3) is 0 Å². The van der Waals surface area contributed by atoms with Crippen molar-refractivity contribution >= 4 is 0 Å². The van der Waals surface area contributed by atoms with Gasteiger partial charge in [0.1, 0.15) is 6.61 Å². The highest BCUT2D eigenvalue weighted by atomic mass is 16.5. The maximum Gasteiger partial charge on any atom is 0.157 e. The topological polar surface area (TPSA) is 50.8 Å². The smallest absolute Gasteiger partial charge is 0.157 e. The molecule has 4 heteroatoms.